The molecule has 0 unspecified atom stereocenters. The van der Waals surface area contributed by atoms with Crippen LogP contribution in [0.4, 0.5) is 11.4 Å². The lowest BCUT2D eigenvalue weighted by molar-refractivity contribution is -0.115. The first kappa shape index (κ1) is 19.6. The molecule has 1 heterocycles. The van der Waals surface area contributed by atoms with Crippen molar-refractivity contribution in [3.8, 4) is 0 Å². The van der Waals surface area contributed by atoms with Crippen LogP contribution in [0.3, 0.4) is 0 Å². The smallest absolute Gasteiger partial charge is 0.290 e. The summed E-state index contributed by atoms with van der Waals surface area (Å²) >= 11 is 5.92. The standard InChI is InChI=1S/C25H22ClN3O2/c26-18-11-8-16(9-12-18)14-24(30)27-21-6-3-7-22-20(21)15-31-25(28-22)29-23-13-10-17-4-1-2-5-19(17)23/h1-9,11-12,23H,10,13-15H2,(H,27,30)(H,28,29)/t23-/m1/s1. The number of ether oxygens (including phenoxy) is 1. The number of nitrogens with zero attached hydrogens (tertiary/aromatic N) is 1. The molecule has 1 aliphatic carbocycles. The van der Waals surface area contributed by atoms with Gasteiger partial charge in [0.2, 0.25) is 5.91 Å². The van der Waals surface area contributed by atoms with Crippen molar-refractivity contribution in [2.24, 2.45) is 4.99 Å². The van der Waals surface area contributed by atoms with Crippen molar-refractivity contribution in [2.45, 2.75) is 31.9 Å². The van der Waals surface area contributed by atoms with Crippen LogP contribution in [0.15, 0.2) is 71.7 Å². The Balaban J connectivity index is 1.29. The number of halogens is 1. The summed E-state index contributed by atoms with van der Waals surface area (Å²) in [6.45, 7) is 0.354. The average molecular weight is 432 g/mol. The monoisotopic (exact) mass is 431 g/mol. The molecule has 3 aromatic carbocycles. The van der Waals surface area contributed by atoms with Crippen LogP contribution >= 0.6 is 11.6 Å². The highest BCUT2D eigenvalue weighted by Gasteiger charge is 2.24. The number of nitrogens with one attached hydrogen (secondary N) is 2. The highest BCUT2D eigenvalue weighted by atomic mass is 35.5. The van der Waals surface area contributed by atoms with Crippen molar-refractivity contribution in [3.63, 3.8) is 0 Å². The van der Waals surface area contributed by atoms with Crippen molar-refractivity contribution in [1.82, 2.24) is 0 Å². The van der Waals surface area contributed by atoms with Gasteiger partial charge >= 0.3 is 0 Å². The first-order chi connectivity index (χ1) is 15.2. The third kappa shape index (κ3) is 4.28. The van der Waals surface area contributed by atoms with Crippen LogP contribution in [0.1, 0.15) is 34.7 Å². The minimum absolute atomic E-state index is 0.0854. The molecule has 1 aliphatic heterocycles. The predicted molar refractivity (Wildman–Crippen MR) is 124 cm³/mol. The molecule has 3 aromatic rings. The van der Waals surface area contributed by atoms with Crippen LogP contribution in [-0.4, -0.2) is 11.9 Å². The third-order valence-corrected chi connectivity index (χ3v) is 5.95. The van der Waals surface area contributed by atoms with Gasteiger partial charge in [0.15, 0.2) is 0 Å². The van der Waals surface area contributed by atoms with Gasteiger partial charge in [-0.1, -0.05) is 54.1 Å². The van der Waals surface area contributed by atoms with Crippen LogP contribution in [0.5, 0.6) is 0 Å². The Kier molecular flexibility index (Phi) is 5.35. The van der Waals surface area contributed by atoms with Crippen LogP contribution in [0.25, 0.3) is 0 Å². The fourth-order valence-corrected chi connectivity index (χ4v) is 4.26. The number of amides is 1. The van der Waals surface area contributed by atoms with E-state index >= 15 is 0 Å². The summed E-state index contributed by atoms with van der Waals surface area (Å²) in [4.78, 5) is 17.3. The quantitative estimate of drug-likeness (QED) is 0.572. The van der Waals surface area contributed by atoms with E-state index in [0.29, 0.717) is 17.7 Å². The van der Waals surface area contributed by atoms with E-state index in [0.717, 1.165) is 35.3 Å². The Hall–Kier alpha value is -3.31. The van der Waals surface area contributed by atoms with Gasteiger partial charge in [-0.25, -0.2) is 4.99 Å². The lowest BCUT2D eigenvalue weighted by Gasteiger charge is -2.24. The number of aliphatic imine (C=N–C) groups is 1. The van der Waals surface area contributed by atoms with Gasteiger partial charge in [-0.3, -0.25) is 4.79 Å². The number of fused-ring (bicyclic) bond motifs is 2. The highest BCUT2D eigenvalue weighted by Crippen LogP contribution is 2.35. The van der Waals surface area contributed by atoms with E-state index in [1.807, 2.05) is 30.3 Å². The first-order valence-corrected chi connectivity index (χ1v) is 10.7. The molecule has 0 radical (unpaired) electrons. The van der Waals surface area contributed by atoms with Crippen molar-refractivity contribution < 1.29 is 9.53 Å². The zero-order valence-corrected chi connectivity index (χ0v) is 17.7. The van der Waals surface area contributed by atoms with Crippen LogP contribution in [0, 0.1) is 0 Å². The van der Waals surface area contributed by atoms with Gasteiger partial charge in [0.25, 0.3) is 6.02 Å². The van der Waals surface area contributed by atoms with Crippen LogP contribution < -0.4 is 10.6 Å². The summed E-state index contributed by atoms with van der Waals surface area (Å²) < 4.78 is 5.91. The minimum atomic E-state index is -0.0854. The van der Waals surface area contributed by atoms with Gasteiger partial charge in [-0.05, 0) is 53.8 Å². The van der Waals surface area contributed by atoms with Crippen molar-refractivity contribution in [2.75, 3.05) is 10.6 Å². The Bertz CT molecular complexity index is 1160. The van der Waals surface area contributed by atoms with E-state index in [1.54, 1.807) is 12.1 Å². The summed E-state index contributed by atoms with van der Waals surface area (Å²) in [5, 5.41) is 6.94. The number of amidine groups is 1. The minimum Gasteiger partial charge on any atom is -0.460 e. The number of rotatable bonds is 4. The van der Waals surface area contributed by atoms with E-state index in [9.17, 15) is 4.79 Å². The van der Waals surface area contributed by atoms with Gasteiger partial charge in [0.1, 0.15) is 6.61 Å². The Morgan fingerprint density at radius 3 is 2.81 bits per heavy atom. The molecule has 0 fully saturated rings. The Morgan fingerprint density at radius 2 is 1.94 bits per heavy atom. The molecular weight excluding hydrogens is 410 g/mol. The number of aryl methyl sites for hydroxylation is 1. The number of carbonyl (C=O) groups is 1. The summed E-state index contributed by atoms with van der Waals surface area (Å²) in [6, 6.07) is 22.1. The Morgan fingerprint density at radius 1 is 1.10 bits per heavy atom. The van der Waals surface area contributed by atoms with Crippen molar-refractivity contribution in [1.29, 1.82) is 0 Å². The molecule has 156 valence electrons. The maximum atomic E-state index is 12.5. The van der Waals surface area contributed by atoms with Gasteiger partial charge in [0, 0.05) is 16.3 Å². The second-order valence-electron chi connectivity index (χ2n) is 7.78. The van der Waals surface area contributed by atoms with Gasteiger partial charge in [-0.15, -0.1) is 0 Å². The zero-order chi connectivity index (χ0) is 21.2. The molecule has 0 saturated carbocycles. The number of anilines is 2. The van der Waals surface area contributed by atoms with Crippen LogP contribution in [-0.2, 0) is 29.0 Å². The molecule has 0 bridgehead atoms. The fourth-order valence-electron chi connectivity index (χ4n) is 4.13. The molecule has 5 rings (SSSR count). The summed E-state index contributed by atoms with van der Waals surface area (Å²) in [5.74, 6) is -0.0854. The molecule has 6 heteroatoms. The second-order valence-corrected chi connectivity index (χ2v) is 8.22. The maximum Gasteiger partial charge on any atom is 0.290 e. The number of carbonyl (C=O) groups excluding carboxylic acids is 1. The largest absolute Gasteiger partial charge is 0.460 e. The predicted octanol–water partition coefficient (Wildman–Crippen LogP) is 5.51. The topological polar surface area (TPSA) is 62.7 Å². The first-order valence-electron chi connectivity index (χ1n) is 10.4. The second kappa shape index (κ2) is 8.44. The van der Waals surface area contributed by atoms with E-state index < -0.39 is 0 Å². The highest BCUT2D eigenvalue weighted by molar-refractivity contribution is 6.30. The van der Waals surface area contributed by atoms with E-state index in [2.05, 4.69) is 34.9 Å². The molecule has 0 spiro atoms. The zero-order valence-electron chi connectivity index (χ0n) is 16.9. The molecule has 1 amide bonds. The maximum absolute atomic E-state index is 12.5. The normalized spacial score (nSPS) is 18.0. The lowest BCUT2D eigenvalue weighted by atomic mass is 10.1. The average Bonchev–Trinajstić information content (AvgIpc) is 3.18. The molecule has 2 aliphatic rings. The van der Waals surface area contributed by atoms with Gasteiger partial charge in [0.05, 0.1) is 18.2 Å². The number of hydrogen-bond donors (Lipinski definition) is 2. The van der Waals surface area contributed by atoms with E-state index in [-0.39, 0.29) is 18.4 Å². The molecule has 0 saturated heterocycles. The molecule has 0 aromatic heterocycles. The van der Waals surface area contributed by atoms with Crippen LogP contribution in [0.2, 0.25) is 5.02 Å². The molecule has 1 atom stereocenters. The Labute approximate surface area is 186 Å². The van der Waals surface area contributed by atoms with Gasteiger partial charge < -0.3 is 15.4 Å². The third-order valence-electron chi connectivity index (χ3n) is 5.70. The summed E-state index contributed by atoms with van der Waals surface area (Å²) in [5.41, 5.74) is 6.10. The summed E-state index contributed by atoms with van der Waals surface area (Å²) in [6.07, 6.45) is 2.31. The van der Waals surface area contributed by atoms with Gasteiger partial charge in [-0.2, -0.15) is 0 Å². The molecule has 31 heavy (non-hydrogen) atoms. The molecule has 2 N–H and O–H groups in total. The SMILES string of the molecule is O=C(Cc1ccc(Cl)cc1)Nc1cccc2c1COC(=N[C@@H]1CCc3ccccc31)N2. The summed E-state index contributed by atoms with van der Waals surface area (Å²) in [7, 11) is 0. The van der Waals surface area contributed by atoms with Crippen molar-refractivity contribution >= 4 is 34.9 Å². The van der Waals surface area contributed by atoms with Crippen molar-refractivity contribution in [3.05, 3.63) is 94.0 Å². The fraction of sp³-hybridized carbons (Fsp3) is 0.200. The lowest BCUT2D eigenvalue weighted by Crippen LogP contribution is -2.25. The molecule has 5 nitrogen and oxygen atoms in total. The number of benzene rings is 3. The van der Waals surface area contributed by atoms with E-state index in [1.165, 1.54) is 11.1 Å². The molecular formula is C25H22ClN3O2. The number of hydrogen-bond acceptors (Lipinski definition) is 3. The van der Waals surface area contributed by atoms with E-state index in [4.69, 9.17) is 21.3 Å².